The number of nitrogens with zero attached hydrogens (tertiary/aromatic N) is 2. The molecule has 1 fully saturated rings. The molecule has 0 saturated carbocycles. The van der Waals surface area contributed by atoms with Crippen molar-refractivity contribution in [3.63, 3.8) is 0 Å². The summed E-state index contributed by atoms with van der Waals surface area (Å²) in [6.45, 7) is 4.95. The van der Waals surface area contributed by atoms with Gasteiger partial charge in [0, 0.05) is 43.0 Å². The molecule has 20 heavy (non-hydrogen) atoms. The van der Waals surface area contributed by atoms with Crippen LogP contribution in [0.15, 0.2) is 6.20 Å². The lowest BCUT2D eigenvalue weighted by Gasteiger charge is -2.31. The maximum atomic E-state index is 5.53. The second-order valence-electron chi connectivity index (χ2n) is 6.14. The number of ether oxygens (including phenoxy) is 1. The van der Waals surface area contributed by atoms with Crippen molar-refractivity contribution in [1.29, 1.82) is 0 Å². The molecule has 1 aliphatic heterocycles. The summed E-state index contributed by atoms with van der Waals surface area (Å²) in [7, 11) is 2.05. The molecule has 1 aliphatic carbocycles. The van der Waals surface area contributed by atoms with Gasteiger partial charge in [0.15, 0.2) is 0 Å². The van der Waals surface area contributed by atoms with Crippen LogP contribution in [0.1, 0.15) is 43.5 Å². The van der Waals surface area contributed by atoms with Gasteiger partial charge in [-0.15, -0.1) is 0 Å². The molecule has 5 nitrogen and oxygen atoms in total. The highest BCUT2D eigenvalue weighted by molar-refractivity contribution is 5.24. The first-order valence-electron chi connectivity index (χ1n) is 7.82. The zero-order valence-electron chi connectivity index (χ0n) is 12.6. The summed E-state index contributed by atoms with van der Waals surface area (Å²) in [5.74, 6) is 0. The Morgan fingerprint density at radius 1 is 1.60 bits per heavy atom. The van der Waals surface area contributed by atoms with Gasteiger partial charge >= 0.3 is 0 Å². The standard InChI is InChI=1S/C15H26N4O/c1-11(8-12-10-20-7-6-16-12)18-14-4-3-5-15-13(14)9-17-19(15)2/h9,11-12,14,16,18H,3-8,10H2,1-2H3. The second kappa shape index (κ2) is 6.24. The first-order valence-corrected chi connectivity index (χ1v) is 7.82. The molecule has 1 saturated heterocycles. The third-order valence-electron chi connectivity index (χ3n) is 4.50. The summed E-state index contributed by atoms with van der Waals surface area (Å²) >= 11 is 0. The van der Waals surface area contributed by atoms with Crippen molar-refractivity contribution in [3.8, 4) is 0 Å². The molecule has 0 bridgehead atoms. The number of hydrogen-bond acceptors (Lipinski definition) is 4. The minimum absolute atomic E-state index is 0.465. The Bertz CT molecular complexity index is 439. The van der Waals surface area contributed by atoms with Gasteiger partial charge in [-0.05, 0) is 32.6 Å². The van der Waals surface area contributed by atoms with E-state index in [9.17, 15) is 0 Å². The fourth-order valence-corrected chi connectivity index (χ4v) is 3.49. The Labute approximate surface area is 121 Å². The number of aromatic nitrogens is 2. The van der Waals surface area contributed by atoms with Crippen molar-refractivity contribution in [3.05, 3.63) is 17.5 Å². The monoisotopic (exact) mass is 278 g/mol. The molecule has 2 aliphatic rings. The quantitative estimate of drug-likeness (QED) is 0.867. The molecule has 2 heterocycles. The van der Waals surface area contributed by atoms with Gasteiger partial charge in [0.05, 0.1) is 19.4 Å². The predicted molar refractivity (Wildman–Crippen MR) is 78.7 cm³/mol. The summed E-state index contributed by atoms with van der Waals surface area (Å²) < 4.78 is 7.56. The number of nitrogens with one attached hydrogen (secondary N) is 2. The SMILES string of the molecule is CC(CC1COCCN1)NC1CCCc2c1cnn2C. The smallest absolute Gasteiger partial charge is 0.0620 e. The van der Waals surface area contributed by atoms with Gasteiger partial charge in [-0.25, -0.2) is 0 Å². The molecular formula is C15H26N4O. The van der Waals surface area contributed by atoms with E-state index in [0.29, 0.717) is 18.1 Å². The van der Waals surface area contributed by atoms with Gasteiger partial charge in [0.25, 0.3) is 0 Å². The largest absolute Gasteiger partial charge is 0.379 e. The molecule has 3 rings (SSSR count). The van der Waals surface area contributed by atoms with E-state index in [1.807, 2.05) is 17.9 Å². The van der Waals surface area contributed by atoms with Crippen molar-refractivity contribution in [1.82, 2.24) is 20.4 Å². The third kappa shape index (κ3) is 3.05. The second-order valence-corrected chi connectivity index (χ2v) is 6.14. The first kappa shape index (κ1) is 14.0. The number of morpholine rings is 1. The van der Waals surface area contributed by atoms with Gasteiger partial charge in [0.1, 0.15) is 0 Å². The molecular weight excluding hydrogens is 252 g/mol. The topological polar surface area (TPSA) is 51.1 Å². The highest BCUT2D eigenvalue weighted by atomic mass is 16.5. The Balaban J connectivity index is 1.57. The Kier molecular flexibility index (Phi) is 4.38. The fraction of sp³-hybridized carbons (Fsp3) is 0.800. The highest BCUT2D eigenvalue weighted by Crippen LogP contribution is 2.29. The van der Waals surface area contributed by atoms with Crippen LogP contribution < -0.4 is 10.6 Å². The molecule has 3 atom stereocenters. The molecule has 2 N–H and O–H groups in total. The lowest BCUT2D eigenvalue weighted by atomic mass is 9.92. The van der Waals surface area contributed by atoms with E-state index in [0.717, 1.165) is 32.6 Å². The van der Waals surface area contributed by atoms with Crippen LogP contribution in [0.5, 0.6) is 0 Å². The number of hydrogen-bond donors (Lipinski definition) is 2. The van der Waals surface area contributed by atoms with Crippen molar-refractivity contribution in [2.45, 2.75) is 50.7 Å². The zero-order chi connectivity index (χ0) is 13.9. The maximum absolute atomic E-state index is 5.53. The van der Waals surface area contributed by atoms with Crippen LogP contribution in [0, 0.1) is 0 Å². The van der Waals surface area contributed by atoms with Crippen LogP contribution >= 0.6 is 0 Å². The van der Waals surface area contributed by atoms with E-state index < -0.39 is 0 Å². The summed E-state index contributed by atoms with van der Waals surface area (Å²) in [6, 6.07) is 1.44. The molecule has 0 radical (unpaired) electrons. The lowest BCUT2D eigenvalue weighted by Crippen LogP contribution is -2.45. The van der Waals surface area contributed by atoms with Crippen LogP contribution in [-0.2, 0) is 18.2 Å². The molecule has 1 aromatic rings. The van der Waals surface area contributed by atoms with E-state index >= 15 is 0 Å². The van der Waals surface area contributed by atoms with Gasteiger partial charge in [-0.2, -0.15) is 5.10 Å². The van der Waals surface area contributed by atoms with Gasteiger partial charge in [-0.1, -0.05) is 0 Å². The zero-order valence-corrected chi connectivity index (χ0v) is 12.6. The van der Waals surface area contributed by atoms with Crippen molar-refractivity contribution < 1.29 is 4.74 Å². The van der Waals surface area contributed by atoms with Gasteiger partial charge in [0.2, 0.25) is 0 Å². The van der Waals surface area contributed by atoms with Crippen LogP contribution in [0.25, 0.3) is 0 Å². The van der Waals surface area contributed by atoms with E-state index in [1.165, 1.54) is 24.1 Å². The number of rotatable bonds is 4. The summed E-state index contributed by atoms with van der Waals surface area (Å²) in [5.41, 5.74) is 2.80. The normalized spacial score (nSPS) is 28.1. The number of fused-ring (bicyclic) bond motifs is 1. The lowest BCUT2D eigenvalue weighted by molar-refractivity contribution is 0.0706. The number of aryl methyl sites for hydroxylation is 1. The Hall–Kier alpha value is -0.910. The van der Waals surface area contributed by atoms with Crippen LogP contribution in [0.2, 0.25) is 0 Å². The fourth-order valence-electron chi connectivity index (χ4n) is 3.49. The van der Waals surface area contributed by atoms with E-state index in [-0.39, 0.29) is 0 Å². The molecule has 1 aromatic heterocycles. The van der Waals surface area contributed by atoms with Crippen molar-refractivity contribution in [2.75, 3.05) is 19.8 Å². The molecule has 112 valence electrons. The van der Waals surface area contributed by atoms with E-state index in [2.05, 4.69) is 22.7 Å². The van der Waals surface area contributed by atoms with Gasteiger partial charge in [-0.3, -0.25) is 4.68 Å². The summed E-state index contributed by atoms with van der Waals surface area (Å²) in [6.07, 6.45) is 6.79. The minimum Gasteiger partial charge on any atom is -0.379 e. The Morgan fingerprint density at radius 3 is 3.30 bits per heavy atom. The molecule has 3 unspecified atom stereocenters. The summed E-state index contributed by atoms with van der Waals surface area (Å²) in [4.78, 5) is 0. The van der Waals surface area contributed by atoms with Crippen LogP contribution in [0.3, 0.4) is 0 Å². The van der Waals surface area contributed by atoms with Crippen molar-refractivity contribution >= 4 is 0 Å². The van der Waals surface area contributed by atoms with Crippen LogP contribution in [0.4, 0.5) is 0 Å². The first-order chi connectivity index (χ1) is 9.74. The Morgan fingerprint density at radius 2 is 2.50 bits per heavy atom. The predicted octanol–water partition coefficient (Wildman–Crippen LogP) is 1.15. The molecule has 5 heteroatoms. The third-order valence-corrected chi connectivity index (χ3v) is 4.50. The van der Waals surface area contributed by atoms with Crippen molar-refractivity contribution in [2.24, 2.45) is 7.05 Å². The average Bonchev–Trinajstić information content (AvgIpc) is 2.83. The maximum Gasteiger partial charge on any atom is 0.0620 e. The molecule has 0 aromatic carbocycles. The van der Waals surface area contributed by atoms with E-state index in [1.54, 1.807) is 0 Å². The minimum atomic E-state index is 0.465. The van der Waals surface area contributed by atoms with E-state index in [4.69, 9.17) is 4.74 Å². The average molecular weight is 278 g/mol. The highest BCUT2D eigenvalue weighted by Gasteiger charge is 2.25. The molecule has 0 spiro atoms. The molecule has 0 amide bonds. The summed E-state index contributed by atoms with van der Waals surface area (Å²) in [5, 5.41) is 11.7. The van der Waals surface area contributed by atoms with Crippen LogP contribution in [-0.4, -0.2) is 41.6 Å². The van der Waals surface area contributed by atoms with Gasteiger partial charge < -0.3 is 15.4 Å².